The zero-order chi connectivity index (χ0) is 16.8. The van der Waals surface area contributed by atoms with E-state index in [-0.39, 0.29) is 10.6 Å². The van der Waals surface area contributed by atoms with Crippen molar-refractivity contribution in [2.75, 3.05) is 0 Å². The fourth-order valence-corrected chi connectivity index (χ4v) is 3.45. The van der Waals surface area contributed by atoms with Crippen molar-refractivity contribution in [3.63, 3.8) is 0 Å². The van der Waals surface area contributed by atoms with Crippen LogP contribution < -0.4 is 0 Å². The van der Waals surface area contributed by atoms with Gasteiger partial charge in [-0.25, -0.2) is 0 Å². The Labute approximate surface area is 141 Å². The average molecular weight is 353 g/mol. The smallest absolute Gasteiger partial charge is 0.262 e. The maximum absolute atomic E-state index is 12.3. The van der Waals surface area contributed by atoms with Crippen molar-refractivity contribution in [1.82, 2.24) is 0 Å². The second-order valence-electron chi connectivity index (χ2n) is 5.03. The molecule has 2 aromatic rings. The molecule has 0 bridgehead atoms. The summed E-state index contributed by atoms with van der Waals surface area (Å²) in [5, 5.41) is 0.273. The van der Waals surface area contributed by atoms with Gasteiger partial charge in [0, 0.05) is 5.56 Å². The van der Waals surface area contributed by atoms with E-state index in [4.69, 9.17) is 20.9 Å². The van der Waals surface area contributed by atoms with Crippen molar-refractivity contribution in [2.24, 2.45) is 0 Å². The number of hydrogen-bond donors (Lipinski definition) is 0. The monoisotopic (exact) mass is 352 g/mol. The first-order valence-electron chi connectivity index (χ1n) is 7.15. The average Bonchev–Trinajstić information content (AvgIpc) is 2.53. The largest absolute Gasteiger partial charge is 0.348 e. The predicted molar refractivity (Wildman–Crippen MR) is 91.3 cm³/mol. The zero-order valence-corrected chi connectivity index (χ0v) is 14.7. The van der Waals surface area contributed by atoms with E-state index < -0.39 is 19.8 Å². The van der Waals surface area contributed by atoms with Gasteiger partial charge in [0.1, 0.15) is 0 Å². The van der Waals surface area contributed by atoms with E-state index in [2.05, 4.69) is 0 Å². The minimum Gasteiger partial charge on any atom is -0.348 e. The Bertz CT molecular complexity index is 683. The summed E-state index contributed by atoms with van der Waals surface area (Å²) in [4.78, 5) is 12.3. The Morgan fingerprint density at radius 2 is 1.87 bits per heavy atom. The van der Waals surface area contributed by atoms with Gasteiger partial charge in [0.15, 0.2) is 6.29 Å². The van der Waals surface area contributed by atoms with Gasteiger partial charge in [0.2, 0.25) is 5.52 Å². The molecule has 0 heterocycles. The SMILES string of the molecule is Cc1cccc(Cl)c1C(=O)[PH](=O)OC(C)OCc1ccccc1. The summed E-state index contributed by atoms with van der Waals surface area (Å²) in [5.74, 6) is 0. The normalized spacial score (nSPS) is 13.5. The van der Waals surface area contributed by atoms with Gasteiger partial charge in [-0.15, -0.1) is 0 Å². The number of halogens is 1. The third kappa shape index (κ3) is 5.02. The van der Waals surface area contributed by atoms with Crippen LogP contribution in [0.3, 0.4) is 0 Å². The van der Waals surface area contributed by atoms with Crippen molar-refractivity contribution >= 4 is 25.2 Å². The summed E-state index contributed by atoms with van der Waals surface area (Å²) in [6.07, 6.45) is -0.756. The topological polar surface area (TPSA) is 52.6 Å². The molecule has 0 aromatic heterocycles. The summed E-state index contributed by atoms with van der Waals surface area (Å²) < 4.78 is 22.8. The Kier molecular flexibility index (Phi) is 6.55. The highest BCUT2D eigenvalue weighted by Gasteiger charge is 2.22. The van der Waals surface area contributed by atoms with Crippen LogP contribution in [0.5, 0.6) is 0 Å². The van der Waals surface area contributed by atoms with Crippen LogP contribution in [0.4, 0.5) is 0 Å². The molecule has 0 fully saturated rings. The molecule has 0 radical (unpaired) electrons. The van der Waals surface area contributed by atoms with Crippen molar-refractivity contribution in [3.8, 4) is 0 Å². The number of carbonyl (C=O) groups is 1. The molecule has 0 amide bonds. The third-order valence-electron chi connectivity index (χ3n) is 3.23. The molecule has 23 heavy (non-hydrogen) atoms. The molecule has 0 aliphatic heterocycles. The van der Waals surface area contributed by atoms with Crippen LogP contribution in [0.15, 0.2) is 48.5 Å². The van der Waals surface area contributed by atoms with Gasteiger partial charge < -0.3 is 4.74 Å². The number of carbonyl (C=O) groups excluding carboxylic acids is 1. The van der Waals surface area contributed by atoms with E-state index in [9.17, 15) is 9.36 Å². The molecule has 0 aliphatic carbocycles. The van der Waals surface area contributed by atoms with Crippen LogP contribution in [0.1, 0.15) is 28.4 Å². The Morgan fingerprint density at radius 1 is 1.17 bits per heavy atom. The Balaban J connectivity index is 1.94. The fourth-order valence-electron chi connectivity index (χ4n) is 2.05. The lowest BCUT2D eigenvalue weighted by atomic mass is 10.1. The first kappa shape index (κ1) is 17.9. The molecular formula is C17H18ClO4P. The summed E-state index contributed by atoms with van der Waals surface area (Å²) in [7, 11) is -2.96. The summed E-state index contributed by atoms with van der Waals surface area (Å²) in [5.41, 5.74) is 1.29. The van der Waals surface area contributed by atoms with Gasteiger partial charge in [-0.1, -0.05) is 54.1 Å². The van der Waals surface area contributed by atoms with Crippen molar-refractivity contribution in [1.29, 1.82) is 0 Å². The second-order valence-corrected chi connectivity index (χ2v) is 6.70. The quantitative estimate of drug-likeness (QED) is 0.528. The van der Waals surface area contributed by atoms with Gasteiger partial charge in [-0.2, -0.15) is 0 Å². The minimum absolute atomic E-state index is 0.244. The van der Waals surface area contributed by atoms with E-state index in [1.165, 1.54) is 0 Å². The summed E-state index contributed by atoms with van der Waals surface area (Å²) in [6.45, 7) is 3.66. The fraction of sp³-hybridized carbons (Fsp3) is 0.235. The van der Waals surface area contributed by atoms with E-state index in [1.807, 2.05) is 30.3 Å². The number of aryl methyl sites for hydroxylation is 1. The van der Waals surface area contributed by atoms with Crippen LogP contribution in [-0.2, 0) is 20.4 Å². The third-order valence-corrected chi connectivity index (χ3v) is 4.72. The molecule has 0 aliphatic rings. The number of ether oxygens (including phenoxy) is 1. The lowest BCUT2D eigenvalue weighted by Gasteiger charge is -2.14. The van der Waals surface area contributed by atoms with Gasteiger partial charge in [-0.3, -0.25) is 13.9 Å². The highest BCUT2D eigenvalue weighted by molar-refractivity contribution is 7.60. The number of hydrogen-bond acceptors (Lipinski definition) is 4. The molecule has 2 aromatic carbocycles. The van der Waals surface area contributed by atoms with Crippen LogP contribution in [0.25, 0.3) is 0 Å². The van der Waals surface area contributed by atoms with Gasteiger partial charge in [0.25, 0.3) is 8.03 Å². The maximum atomic E-state index is 12.3. The second kappa shape index (κ2) is 8.42. The van der Waals surface area contributed by atoms with Gasteiger partial charge >= 0.3 is 0 Å². The first-order chi connectivity index (χ1) is 11.0. The zero-order valence-electron chi connectivity index (χ0n) is 12.9. The lowest BCUT2D eigenvalue weighted by Crippen LogP contribution is -2.11. The molecule has 0 N–H and O–H groups in total. The molecule has 2 rings (SSSR count). The van der Waals surface area contributed by atoms with E-state index in [0.29, 0.717) is 12.2 Å². The highest BCUT2D eigenvalue weighted by atomic mass is 35.5. The molecule has 0 spiro atoms. The van der Waals surface area contributed by atoms with Crippen molar-refractivity contribution in [2.45, 2.75) is 26.7 Å². The molecule has 6 heteroatoms. The number of rotatable bonds is 7. The van der Waals surface area contributed by atoms with Gasteiger partial charge in [-0.05, 0) is 31.0 Å². The molecule has 122 valence electrons. The van der Waals surface area contributed by atoms with Crippen LogP contribution in [0, 0.1) is 6.92 Å². The highest BCUT2D eigenvalue weighted by Crippen LogP contribution is 2.34. The molecule has 0 saturated heterocycles. The molecule has 2 unspecified atom stereocenters. The van der Waals surface area contributed by atoms with Gasteiger partial charge in [0.05, 0.1) is 11.6 Å². The first-order valence-corrected chi connectivity index (χ1v) is 8.84. The summed E-state index contributed by atoms with van der Waals surface area (Å²) in [6, 6.07) is 14.6. The Morgan fingerprint density at radius 3 is 2.52 bits per heavy atom. The van der Waals surface area contributed by atoms with Crippen LogP contribution in [-0.4, -0.2) is 11.8 Å². The maximum Gasteiger partial charge on any atom is 0.262 e. The van der Waals surface area contributed by atoms with E-state index >= 15 is 0 Å². The lowest BCUT2D eigenvalue weighted by molar-refractivity contribution is -0.0711. The van der Waals surface area contributed by atoms with Crippen molar-refractivity contribution in [3.05, 3.63) is 70.2 Å². The van der Waals surface area contributed by atoms with Crippen LogP contribution >= 0.6 is 19.6 Å². The molecule has 2 atom stereocenters. The van der Waals surface area contributed by atoms with Crippen LogP contribution in [0.2, 0.25) is 5.02 Å². The summed E-state index contributed by atoms with van der Waals surface area (Å²) >= 11 is 6.02. The van der Waals surface area contributed by atoms with E-state index in [1.54, 1.807) is 32.0 Å². The predicted octanol–water partition coefficient (Wildman–Crippen LogP) is 4.84. The molecule has 4 nitrogen and oxygen atoms in total. The number of benzene rings is 2. The van der Waals surface area contributed by atoms with E-state index in [0.717, 1.165) is 5.56 Å². The minimum atomic E-state index is -2.96. The standard InChI is InChI=1S/C17H18ClO4P/c1-12-7-6-10-15(18)16(12)17(19)23(20)22-13(2)21-11-14-8-4-3-5-9-14/h3-10,13,23H,11H2,1-2H3. The Hall–Kier alpha value is -1.45. The van der Waals surface area contributed by atoms with Crippen molar-refractivity contribution < 1.29 is 18.6 Å². The molecular weight excluding hydrogens is 335 g/mol. The molecule has 0 saturated carbocycles.